The maximum absolute atomic E-state index is 14.1. The minimum atomic E-state index is -2.81. The Kier molecular flexibility index (Phi) is 7.03. The molecule has 0 spiro atoms. The fourth-order valence-corrected chi connectivity index (χ4v) is 4.44. The zero-order valence-electron chi connectivity index (χ0n) is 21.0. The summed E-state index contributed by atoms with van der Waals surface area (Å²) in [5.74, 6) is 0.254. The number of rotatable bonds is 7. The number of benzene rings is 1. The van der Waals surface area contributed by atoms with Crippen molar-refractivity contribution in [2.24, 2.45) is 0 Å². The molecule has 0 unspecified atom stereocenters. The summed E-state index contributed by atoms with van der Waals surface area (Å²) >= 11 is 0. The van der Waals surface area contributed by atoms with Crippen molar-refractivity contribution in [2.45, 2.75) is 38.6 Å². The lowest BCUT2D eigenvalue weighted by Gasteiger charge is -2.36. The Morgan fingerprint density at radius 1 is 1.03 bits per heavy atom. The molecule has 12 heteroatoms. The number of fused-ring (bicyclic) bond motifs is 1. The normalized spacial score (nSPS) is 15.9. The van der Waals surface area contributed by atoms with Crippen LogP contribution in [0, 0.1) is 5.82 Å². The van der Waals surface area contributed by atoms with Crippen molar-refractivity contribution in [3.63, 3.8) is 0 Å². The molecule has 38 heavy (non-hydrogen) atoms. The van der Waals surface area contributed by atoms with Gasteiger partial charge in [0.1, 0.15) is 23.1 Å². The molecule has 200 valence electrons. The van der Waals surface area contributed by atoms with Crippen molar-refractivity contribution < 1.29 is 23.4 Å². The van der Waals surface area contributed by atoms with E-state index < -0.39 is 18.3 Å². The van der Waals surface area contributed by atoms with E-state index >= 15 is 0 Å². The number of aliphatic hydroxyl groups is 2. The molecule has 2 N–H and O–H groups in total. The quantitative estimate of drug-likeness (QED) is 0.376. The van der Waals surface area contributed by atoms with Gasteiger partial charge in [0.15, 0.2) is 5.82 Å². The second kappa shape index (κ2) is 10.3. The molecule has 1 aliphatic heterocycles. The summed E-state index contributed by atoms with van der Waals surface area (Å²) in [5, 5.41) is 24.4. The van der Waals surface area contributed by atoms with Crippen molar-refractivity contribution in [3.05, 3.63) is 66.0 Å². The molecule has 1 atom stereocenters. The van der Waals surface area contributed by atoms with E-state index in [1.165, 1.54) is 44.6 Å². The van der Waals surface area contributed by atoms with Crippen LogP contribution in [0.3, 0.4) is 0 Å². The topological polar surface area (TPSA) is 103 Å². The van der Waals surface area contributed by atoms with E-state index in [1.807, 2.05) is 11.0 Å². The van der Waals surface area contributed by atoms with Crippen LogP contribution in [0.1, 0.15) is 37.8 Å². The van der Waals surface area contributed by atoms with E-state index in [0.29, 0.717) is 71.1 Å². The number of anilines is 1. The highest BCUT2D eigenvalue weighted by Crippen LogP contribution is 2.32. The Balaban J connectivity index is 1.47. The summed E-state index contributed by atoms with van der Waals surface area (Å²) in [6.07, 6.45) is 2.73. The lowest BCUT2D eigenvalue weighted by atomic mass is 9.98. The molecule has 1 aliphatic rings. The van der Waals surface area contributed by atoms with E-state index in [1.54, 1.807) is 12.1 Å². The van der Waals surface area contributed by atoms with E-state index in [0.717, 1.165) is 0 Å². The first-order chi connectivity index (χ1) is 18.1. The highest BCUT2D eigenvalue weighted by atomic mass is 19.3. The zero-order chi connectivity index (χ0) is 27.0. The third kappa shape index (κ3) is 5.33. The van der Waals surface area contributed by atoms with E-state index in [9.17, 15) is 23.4 Å². The number of halogens is 3. The molecule has 3 aromatic heterocycles. The molecule has 0 saturated carbocycles. The monoisotopic (exact) mass is 527 g/mol. The Morgan fingerprint density at radius 2 is 1.76 bits per heavy atom. The lowest BCUT2D eigenvalue weighted by molar-refractivity contribution is -0.0516. The van der Waals surface area contributed by atoms with E-state index in [4.69, 9.17) is 9.97 Å². The van der Waals surface area contributed by atoms with Gasteiger partial charge in [0.05, 0.1) is 29.2 Å². The van der Waals surface area contributed by atoms with Crippen LogP contribution in [-0.4, -0.2) is 71.6 Å². The number of piperazine rings is 1. The molecular formula is C26H28F3N7O2. The number of alkyl halides is 2. The fraction of sp³-hybridized carbons (Fsp3) is 0.385. The van der Waals surface area contributed by atoms with Gasteiger partial charge in [0, 0.05) is 50.0 Å². The van der Waals surface area contributed by atoms with Crippen LogP contribution >= 0.6 is 0 Å². The first-order valence-electron chi connectivity index (χ1n) is 12.2. The van der Waals surface area contributed by atoms with Gasteiger partial charge < -0.3 is 15.1 Å². The summed E-state index contributed by atoms with van der Waals surface area (Å²) in [6, 6.07) is 8.22. The first kappa shape index (κ1) is 26.0. The second-order valence-corrected chi connectivity index (χ2v) is 9.89. The largest absolute Gasteiger partial charge is 0.387 e. The molecule has 4 aromatic rings. The van der Waals surface area contributed by atoms with Gasteiger partial charge in [-0.2, -0.15) is 13.9 Å². The van der Waals surface area contributed by atoms with Gasteiger partial charge >= 0.3 is 6.55 Å². The summed E-state index contributed by atoms with van der Waals surface area (Å²) in [7, 11) is 0. The van der Waals surface area contributed by atoms with Crippen LogP contribution in [0.4, 0.5) is 19.0 Å². The maximum atomic E-state index is 14.1. The summed E-state index contributed by atoms with van der Waals surface area (Å²) in [6.45, 7) is 3.01. The summed E-state index contributed by atoms with van der Waals surface area (Å²) < 4.78 is 41.2. The molecule has 0 radical (unpaired) electrons. The molecule has 1 saturated heterocycles. The van der Waals surface area contributed by atoms with Crippen molar-refractivity contribution in [1.82, 2.24) is 29.6 Å². The van der Waals surface area contributed by atoms with Gasteiger partial charge in [-0.3, -0.25) is 9.88 Å². The van der Waals surface area contributed by atoms with Crippen LogP contribution in [-0.2, 0) is 6.54 Å². The minimum Gasteiger partial charge on any atom is -0.387 e. The predicted octanol–water partition coefficient (Wildman–Crippen LogP) is 3.55. The zero-order valence-corrected chi connectivity index (χ0v) is 21.0. The molecule has 0 amide bonds. The number of hydrogen-bond acceptors (Lipinski definition) is 8. The number of aromatic nitrogens is 5. The van der Waals surface area contributed by atoms with Gasteiger partial charge in [-0.05, 0) is 26.0 Å². The maximum Gasteiger partial charge on any atom is 0.333 e. The molecule has 0 bridgehead atoms. The number of hydrogen-bond donors (Lipinski definition) is 2. The molecule has 1 fully saturated rings. The average molecular weight is 528 g/mol. The van der Waals surface area contributed by atoms with Crippen molar-refractivity contribution >= 4 is 16.9 Å². The minimum absolute atomic E-state index is 0.211. The Labute approximate surface area is 217 Å². The molecule has 5 rings (SSSR count). The van der Waals surface area contributed by atoms with E-state index in [-0.39, 0.29) is 11.5 Å². The molecule has 1 aromatic carbocycles. The smallest absolute Gasteiger partial charge is 0.333 e. The highest BCUT2D eigenvalue weighted by Gasteiger charge is 2.29. The average Bonchev–Trinajstić information content (AvgIpc) is 3.39. The molecular weight excluding hydrogens is 499 g/mol. The summed E-state index contributed by atoms with van der Waals surface area (Å²) in [4.78, 5) is 17.9. The van der Waals surface area contributed by atoms with Crippen molar-refractivity contribution in [1.29, 1.82) is 0 Å². The lowest BCUT2D eigenvalue weighted by Crippen LogP contribution is -2.46. The van der Waals surface area contributed by atoms with Crippen LogP contribution in [0.25, 0.3) is 22.3 Å². The highest BCUT2D eigenvalue weighted by molar-refractivity contribution is 5.83. The van der Waals surface area contributed by atoms with Gasteiger partial charge in [0.2, 0.25) is 0 Å². The molecule has 9 nitrogen and oxygen atoms in total. The van der Waals surface area contributed by atoms with Crippen LogP contribution in [0.5, 0.6) is 0 Å². The third-order valence-corrected chi connectivity index (χ3v) is 6.60. The number of pyridine rings is 1. The van der Waals surface area contributed by atoms with Gasteiger partial charge in [-0.25, -0.2) is 19.0 Å². The molecule has 4 heterocycles. The number of aliphatic hydroxyl groups excluding tert-OH is 1. The number of nitrogens with zero attached hydrogens (tertiary/aromatic N) is 7. The van der Waals surface area contributed by atoms with Crippen LogP contribution in [0.15, 0.2) is 48.9 Å². The van der Waals surface area contributed by atoms with Gasteiger partial charge in [-0.1, -0.05) is 18.2 Å². The first-order valence-corrected chi connectivity index (χ1v) is 12.2. The molecule has 0 aliphatic carbocycles. The van der Waals surface area contributed by atoms with Crippen LogP contribution < -0.4 is 4.90 Å². The van der Waals surface area contributed by atoms with Crippen molar-refractivity contribution in [3.8, 4) is 11.3 Å². The fourth-order valence-electron chi connectivity index (χ4n) is 4.44. The Morgan fingerprint density at radius 3 is 2.42 bits per heavy atom. The van der Waals surface area contributed by atoms with Gasteiger partial charge in [-0.15, -0.1) is 0 Å². The third-order valence-electron chi connectivity index (χ3n) is 6.60. The second-order valence-electron chi connectivity index (χ2n) is 9.89. The van der Waals surface area contributed by atoms with Crippen molar-refractivity contribution in [2.75, 3.05) is 31.1 Å². The SMILES string of the molecule is CC(C)(O)[C@@H](O)c1cc2nc(-c3cnn(C(F)F)c3)c(N3CCN(Cc4ccccc4F)CC3)nc2cn1. The Hall–Kier alpha value is -3.61. The predicted molar refractivity (Wildman–Crippen MR) is 135 cm³/mol. The van der Waals surface area contributed by atoms with E-state index in [2.05, 4.69) is 15.0 Å². The standard InChI is InChI=1S/C26H28F3N7O2/c1-26(2,38)23(37)20-11-19-21(13-30-20)33-24(22(32-19)17-12-31-36(15-17)25(28)29)35-9-7-34(8-10-35)14-16-5-3-4-6-18(16)27/h3-6,11-13,15,23,25,37-38H,7-10,14H2,1-2H3/t23-/m0/s1. The summed E-state index contributed by atoms with van der Waals surface area (Å²) in [5.41, 5.74) is 0.972. The Bertz CT molecular complexity index is 1430. The van der Waals surface area contributed by atoms with Gasteiger partial charge in [0.25, 0.3) is 0 Å². The van der Waals surface area contributed by atoms with Crippen LogP contribution in [0.2, 0.25) is 0 Å².